The Morgan fingerprint density at radius 1 is 1.06 bits per heavy atom. The molecule has 0 aliphatic carbocycles. The van der Waals surface area contributed by atoms with Gasteiger partial charge in [0, 0.05) is 5.92 Å². The van der Waals surface area contributed by atoms with Crippen molar-refractivity contribution in [3.63, 3.8) is 0 Å². The summed E-state index contributed by atoms with van der Waals surface area (Å²) in [6, 6.07) is 13.2. The fourth-order valence-corrected chi connectivity index (χ4v) is 4.07. The monoisotopic (exact) mass is 506 g/mol. The quantitative estimate of drug-likeness (QED) is 0.203. The summed E-state index contributed by atoms with van der Waals surface area (Å²) >= 11 is 1.29. The smallest absolute Gasteiger partial charge is 0.268 e. The Bertz CT molecular complexity index is 1260. The second kappa shape index (κ2) is 12.7. The number of aryl methyl sites for hydroxylation is 2. The first-order valence-corrected chi connectivity index (χ1v) is 12.5. The standard InChI is InChI=1S/C27H30N4O4S/c1-6-33-24-15-20(14-21(16-28)25(32)29-27-31-30-26(36-27)17(2)3)7-8-23(24)35-10-9-34-22-12-18(4)11-19(5)13-22/h7-8,11-15,17H,6,9-10H2,1-5H3,(H,29,31,32)/b21-14-. The van der Waals surface area contributed by atoms with Gasteiger partial charge in [0.25, 0.3) is 5.91 Å². The molecule has 0 aliphatic rings. The molecule has 0 aliphatic heterocycles. The van der Waals surface area contributed by atoms with Crippen LogP contribution in [0.4, 0.5) is 5.13 Å². The third-order valence-electron chi connectivity index (χ3n) is 4.90. The van der Waals surface area contributed by atoms with Crippen molar-refractivity contribution >= 4 is 28.5 Å². The van der Waals surface area contributed by atoms with Crippen LogP contribution in [0.3, 0.4) is 0 Å². The van der Waals surface area contributed by atoms with E-state index < -0.39 is 5.91 Å². The number of anilines is 1. The number of rotatable bonds is 11. The molecule has 1 N–H and O–H groups in total. The minimum Gasteiger partial charge on any atom is -0.490 e. The second-order valence-electron chi connectivity index (χ2n) is 8.38. The van der Waals surface area contributed by atoms with Crippen molar-refractivity contribution in [2.45, 2.75) is 40.5 Å². The Labute approximate surface area is 215 Å². The lowest BCUT2D eigenvalue weighted by Gasteiger charge is -2.13. The molecule has 0 saturated heterocycles. The number of nitrogens with zero attached hydrogens (tertiary/aromatic N) is 3. The summed E-state index contributed by atoms with van der Waals surface area (Å²) in [5, 5.41) is 21.4. The van der Waals surface area contributed by atoms with Gasteiger partial charge >= 0.3 is 0 Å². The van der Waals surface area contributed by atoms with E-state index in [1.807, 2.05) is 52.8 Å². The second-order valence-corrected chi connectivity index (χ2v) is 9.39. The fraction of sp³-hybridized carbons (Fsp3) is 0.333. The number of carbonyl (C=O) groups excluding carboxylic acids is 1. The zero-order valence-electron chi connectivity index (χ0n) is 21.1. The maximum absolute atomic E-state index is 12.6. The van der Waals surface area contributed by atoms with Crippen LogP contribution in [0, 0.1) is 25.2 Å². The van der Waals surface area contributed by atoms with Gasteiger partial charge in [-0.15, -0.1) is 10.2 Å². The highest BCUT2D eigenvalue weighted by atomic mass is 32.1. The normalized spacial score (nSPS) is 11.2. The van der Waals surface area contributed by atoms with Gasteiger partial charge in [-0.3, -0.25) is 10.1 Å². The van der Waals surface area contributed by atoms with Gasteiger partial charge in [-0.1, -0.05) is 37.3 Å². The van der Waals surface area contributed by atoms with Crippen molar-refractivity contribution in [2.75, 3.05) is 25.1 Å². The molecule has 0 radical (unpaired) electrons. The topological polar surface area (TPSA) is 106 Å². The Morgan fingerprint density at radius 2 is 1.78 bits per heavy atom. The molecule has 0 bridgehead atoms. The minimum atomic E-state index is -0.550. The summed E-state index contributed by atoms with van der Waals surface area (Å²) in [4.78, 5) is 12.6. The molecule has 1 heterocycles. The van der Waals surface area contributed by atoms with Crippen molar-refractivity contribution in [1.82, 2.24) is 10.2 Å². The fourth-order valence-electron chi connectivity index (χ4n) is 3.33. The minimum absolute atomic E-state index is 0.0609. The number of benzene rings is 2. The number of ether oxygens (including phenoxy) is 3. The highest BCUT2D eigenvalue weighted by Crippen LogP contribution is 2.30. The number of amides is 1. The van der Waals surface area contributed by atoms with E-state index in [0.29, 0.717) is 42.0 Å². The molecule has 3 aromatic rings. The molecule has 1 amide bonds. The largest absolute Gasteiger partial charge is 0.490 e. The van der Waals surface area contributed by atoms with Crippen LogP contribution in [0.2, 0.25) is 0 Å². The average molecular weight is 507 g/mol. The number of carbonyl (C=O) groups is 1. The summed E-state index contributed by atoms with van der Waals surface area (Å²) in [7, 11) is 0. The van der Waals surface area contributed by atoms with Gasteiger partial charge in [0.1, 0.15) is 35.6 Å². The molecule has 9 heteroatoms. The summed E-state index contributed by atoms with van der Waals surface area (Å²) in [5.41, 5.74) is 2.85. The van der Waals surface area contributed by atoms with E-state index in [2.05, 4.69) is 21.6 Å². The van der Waals surface area contributed by atoms with Gasteiger partial charge in [0.15, 0.2) is 11.5 Å². The maximum atomic E-state index is 12.6. The van der Waals surface area contributed by atoms with E-state index in [4.69, 9.17) is 14.2 Å². The SMILES string of the molecule is CCOc1cc(/C=C(/C#N)C(=O)Nc2nnc(C(C)C)s2)ccc1OCCOc1cc(C)cc(C)c1. The molecular weight excluding hydrogens is 476 g/mol. The van der Waals surface area contributed by atoms with Crippen LogP contribution in [-0.4, -0.2) is 35.9 Å². The molecule has 8 nitrogen and oxygen atoms in total. The van der Waals surface area contributed by atoms with E-state index in [9.17, 15) is 10.1 Å². The van der Waals surface area contributed by atoms with Crippen LogP contribution in [0.15, 0.2) is 42.0 Å². The van der Waals surface area contributed by atoms with E-state index in [1.54, 1.807) is 18.2 Å². The highest BCUT2D eigenvalue weighted by molar-refractivity contribution is 7.15. The molecule has 2 aromatic carbocycles. The average Bonchev–Trinajstić information content (AvgIpc) is 3.29. The first-order valence-electron chi connectivity index (χ1n) is 11.7. The molecule has 0 unspecified atom stereocenters. The van der Waals surface area contributed by atoms with Crippen LogP contribution in [0.5, 0.6) is 17.2 Å². The molecule has 36 heavy (non-hydrogen) atoms. The van der Waals surface area contributed by atoms with Gasteiger partial charge in [0.2, 0.25) is 5.13 Å². The van der Waals surface area contributed by atoms with Crippen LogP contribution in [-0.2, 0) is 4.79 Å². The predicted octanol–water partition coefficient (Wildman–Crippen LogP) is 5.68. The Morgan fingerprint density at radius 3 is 2.42 bits per heavy atom. The van der Waals surface area contributed by atoms with E-state index in [-0.39, 0.29) is 11.5 Å². The van der Waals surface area contributed by atoms with Crippen molar-refractivity contribution < 1.29 is 19.0 Å². The predicted molar refractivity (Wildman–Crippen MR) is 141 cm³/mol. The first-order chi connectivity index (χ1) is 17.3. The zero-order chi connectivity index (χ0) is 26.1. The number of nitrogens with one attached hydrogen (secondary N) is 1. The highest BCUT2D eigenvalue weighted by Gasteiger charge is 2.15. The molecule has 1 aromatic heterocycles. The summed E-state index contributed by atoms with van der Waals surface area (Å²) < 4.78 is 17.4. The first kappa shape index (κ1) is 26.7. The van der Waals surface area contributed by atoms with Gasteiger partial charge < -0.3 is 14.2 Å². The lowest BCUT2D eigenvalue weighted by Crippen LogP contribution is -2.13. The molecular formula is C27H30N4O4S. The van der Waals surface area contributed by atoms with Crippen LogP contribution < -0.4 is 19.5 Å². The molecule has 0 atom stereocenters. The Hall–Kier alpha value is -3.90. The van der Waals surface area contributed by atoms with Crippen molar-refractivity contribution in [3.05, 3.63) is 63.7 Å². The summed E-state index contributed by atoms with van der Waals surface area (Å²) in [5.74, 6) is 1.52. The lowest BCUT2D eigenvalue weighted by atomic mass is 10.1. The van der Waals surface area contributed by atoms with Crippen molar-refractivity contribution in [2.24, 2.45) is 0 Å². The van der Waals surface area contributed by atoms with E-state index in [0.717, 1.165) is 21.9 Å². The third-order valence-corrected chi connectivity index (χ3v) is 6.04. The molecule has 188 valence electrons. The van der Waals surface area contributed by atoms with Crippen molar-refractivity contribution in [1.29, 1.82) is 5.26 Å². The van der Waals surface area contributed by atoms with Gasteiger partial charge in [-0.2, -0.15) is 5.26 Å². The van der Waals surface area contributed by atoms with Crippen LogP contribution in [0.25, 0.3) is 6.08 Å². The summed E-state index contributed by atoms with van der Waals surface area (Å²) in [6.07, 6.45) is 1.50. The van der Waals surface area contributed by atoms with Gasteiger partial charge in [-0.05, 0) is 67.8 Å². The summed E-state index contributed by atoms with van der Waals surface area (Å²) in [6.45, 7) is 11.1. The molecule has 0 saturated carbocycles. The number of hydrogen-bond donors (Lipinski definition) is 1. The van der Waals surface area contributed by atoms with Crippen molar-refractivity contribution in [3.8, 4) is 23.3 Å². The van der Waals surface area contributed by atoms with Gasteiger partial charge in [0.05, 0.1) is 6.61 Å². The maximum Gasteiger partial charge on any atom is 0.268 e. The van der Waals surface area contributed by atoms with E-state index >= 15 is 0 Å². The zero-order valence-corrected chi connectivity index (χ0v) is 21.9. The molecule has 0 fully saturated rings. The Kier molecular flexibility index (Phi) is 9.42. The van der Waals surface area contributed by atoms with E-state index in [1.165, 1.54) is 17.4 Å². The molecule has 0 spiro atoms. The van der Waals surface area contributed by atoms with Crippen LogP contribution >= 0.6 is 11.3 Å². The van der Waals surface area contributed by atoms with Crippen LogP contribution in [0.1, 0.15) is 48.4 Å². The number of aromatic nitrogens is 2. The lowest BCUT2D eigenvalue weighted by molar-refractivity contribution is -0.112. The Balaban J connectivity index is 1.66. The van der Waals surface area contributed by atoms with Gasteiger partial charge in [-0.25, -0.2) is 0 Å². The molecule has 3 rings (SSSR count). The third kappa shape index (κ3) is 7.55. The number of nitriles is 1. The number of hydrogen-bond acceptors (Lipinski definition) is 8.